The lowest BCUT2D eigenvalue weighted by atomic mass is 9.44. The molecule has 2 heterocycles. The summed E-state index contributed by atoms with van der Waals surface area (Å²) in [6.45, 7) is 7.35. The summed E-state index contributed by atoms with van der Waals surface area (Å²) in [5.41, 5.74) is 0.666. The fourth-order valence-electron chi connectivity index (χ4n) is 16.9. The quantitative estimate of drug-likeness (QED) is 0.0324. The Morgan fingerprint density at radius 1 is 0.485 bits per heavy atom. The van der Waals surface area contributed by atoms with Gasteiger partial charge in [-0.1, -0.05) is 137 Å². The molecule has 4 saturated carbocycles. The number of fused-ring (bicyclic) bond motifs is 5. The van der Waals surface area contributed by atoms with Crippen molar-refractivity contribution in [1.82, 2.24) is 0 Å². The van der Waals surface area contributed by atoms with Crippen molar-refractivity contribution in [3.63, 3.8) is 0 Å². The third-order valence-electron chi connectivity index (χ3n) is 22.3. The van der Waals surface area contributed by atoms with Crippen LogP contribution in [0.5, 0.6) is 0 Å². The number of esters is 6. The zero-order chi connectivity index (χ0) is 71.0. The van der Waals surface area contributed by atoms with Gasteiger partial charge in [-0.05, 0) is 165 Å². The Balaban J connectivity index is 0.701. The van der Waals surface area contributed by atoms with E-state index in [0.29, 0.717) is 37.2 Å². The molecule has 2 aliphatic heterocycles. The van der Waals surface area contributed by atoms with Gasteiger partial charge in [0, 0.05) is 24.7 Å². The molecular weight excluding hydrogens is 1290 g/mol. The smallest absolute Gasteiger partial charge is 0.338 e. The Hall–Kier alpha value is -8.76. The van der Waals surface area contributed by atoms with Crippen LogP contribution in [-0.2, 0) is 57.0 Å². The predicted octanol–water partition coefficient (Wildman–Crippen LogP) is 11.6. The van der Waals surface area contributed by atoms with Crippen molar-refractivity contribution in [2.24, 2.45) is 52.3 Å². The van der Waals surface area contributed by atoms with Crippen LogP contribution in [0.2, 0.25) is 0 Å². The first-order chi connectivity index (χ1) is 48.8. The summed E-state index contributed by atoms with van der Waals surface area (Å²) in [6.07, 6.45) is -8.81. The number of aliphatic hydroxyl groups is 2. The lowest BCUT2D eigenvalue weighted by Crippen LogP contribution is -2.63. The standard InChI is InChI=1S/C81H88O20/c1-48(45-94-79-71(101-77(91)55-33-21-10-22-34-55)70(100-76(90)54-31-19-9-20-32-54)68(98-74(88)52-27-15-7-16-28-52)64(97-79)47-93-73(87)51-25-13-6-14-26-51)35-38-61(82)49(2)65-62(83)44-60-58-37-36-56-43-57(39-41-80(56,3)59(58)40-42-81(60,65)4)95-78-67(85)69(99-75(89)53-29-17-8-18-30-53)66(84)63(96-78)46-92-72(86)50-23-11-5-12-24-50/h5-34,48-49,56-60,63-71,78-79,84-85H,35-47H2,1-4H3/t48-,49+,56?,57?,58?,59?,60?,63?,64?,65?,66-,67?,68+,69?,70?,71?,78+,79+,80?,81?/m0/s1. The van der Waals surface area contributed by atoms with E-state index in [2.05, 4.69) is 13.8 Å². The summed E-state index contributed by atoms with van der Waals surface area (Å²) in [4.78, 5) is 112. The third-order valence-corrected chi connectivity index (χ3v) is 22.3. The van der Waals surface area contributed by atoms with Crippen molar-refractivity contribution in [3.8, 4) is 0 Å². The van der Waals surface area contributed by atoms with Crippen LogP contribution in [0.3, 0.4) is 0 Å². The molecule has 6 fully saturated rings. The molecular formula is C81H88O20. The largest absolute Gasteiger partial charge is 0.459 e. The average Bonchev–Trinajstić information content (AvgIpc) is 1.53. The topological polar surface area (TPSA) is 269 Å². The van der Waals surface area contributed by atoms with E-state index >= 15 is 0 Å². The highest BCUT2D eigenvalue weighted by Crippen LogP contribution is 2.68. The molecule has 20 heteroatoms. The summed E-state index contributed by atoms with van der Waals surface area (Å²) in [5, 5.41) is 23.4. The van der Waals surface area contributed by atoms with Crippen LogP contribution < -0.4 is 0 Å². The van der Waals surface area contributed by atoms with Crippen molar-refractivity contribution in [3.05, 3.63) is 215 Å². The number of hydrogen-bond donors (Lipinski definition) is 2. The van der Waals surface area contributed by atoms with Gasteiger partial charge in [0.25, 0.3) is 0 Å². The minimum absolute atomic E-state index is 0.0465. The van der Waals surface area contributed by atoms with Crippen molar-refractivity contribution < 1.29 is 95.9 Å². The van der Waals surface area contributed by atoms with Crippen molar-refractivity contribution in [1.29, 1.82) is 0 Å². The van der Waals surface area contributed by atoms with Gasteiger partial charge in [0.1, 0.15) is 49.2 Å². The molecule has 532 valence electrons. The van der Waals surface area contributed by atoms with Crippen LogP contribution in [-0.4, -0.2) is 145 Å². The van der Waals surface area contributed by atoms with E-state index in [4.69, 9.17) is 47.4 Å². The number of hydrogen-bond acceptors (Lipinski definition) is 20. The number of benzene rings is 6. The maximum atomic E-state index is 14.7. The Bertz CT molecular complexity index is 3840. The van der Waals surface area contributed by atoms with Crippen LogP contribution in [0.15, 0.2) is 182 Å². The number of aliphatic hydroxyl groups excluding tert-OH is 2. The molecule has 2 saturated heterocycles. The number of carbonyl (C=O) groups is 8. The van der Waals surface area contributed by atoms with E-state index in [0.717, 1.165) is 32.1 Å². The van der Waals surface area contributed by atoms with Crippen LogP contribution in [0.25, 0.3) is 0 Å². The molecule has 20 nitrogen and oxygen atoms in total. The minimum atomic E-state index is -1.62. The van der Waals surface area contributed by atoms with Crippen LogP contribution in [0, 0.1) is 52.3 Å². The van der Waals surface area contributed by atoms with Gasteiger partial charge in [0.05, 0.1) is 46.1 Å². The van der Waals surface area contributed by atoms with Crippen molar-refractivity contribution in [2.45, 2.75) is 159 Å². The lowest BCUT2D eigenvalue weighted by molar-refractivity contribution is -0.315. The number of Topliss-reactive ketones (excluding diaryl/α,β-unsaturated/α-hetero) is 2. The molecule has 14 unspecified atom stereocenters. The Morgan fingerprint density at radius 2 is 0.921 bits per heavy atom. The zero-order valence-electron chi connectivity index (χ0n) is 57.1. The normalized spacial score (nSPS) is 31.0. The molecule has 6 aromatic rings. The van der Waals surface area contributed by atoms with Gasteiger partial charge in [0.15, 0.2) is 37.0 Å². The second-order valence-electron chi connectivity index (χ2n) is 28.6. The maximum absolute atomic E-state index is 14.7. The highest BCUT2D eigenvalue weighted by molar-refractivity contribution is 5.94. The summed E-state index contributed by atoms with van der Waals surface area (Å²) in [5.74, 6) is -5.09. The first kappa shape index (κ1) is 72.0. The van der Waals surface area contributed by atoms with Gasteiger partial charge >= 0.3 is 35.8 Å². The minimum Gasteiger partial charge on any atom is -0.459 e. The Kier molecular flexibility index (Phi) is 22.9. The van der Waals surface area contributed by atoms with Crippen LogP contribution >= 0.6 is 0 Å². The van der Waals surface area contributed by atoms with Gasteiger partial charge in [-0.2, -0.15) is 0 Å². The molecule has 0 radical (unpaired) electrons. The molecule has 6 aromatic carbocycles. The van der Waals surface area contributed by atoms with E-state index in [1.165, 1.54) is 24.3 Å². The molecule has 0 amide bonds. The molecule has 6 aliphatic rings. The Morgan fingerprint density at radius 3 is 1.43 bits per heavy atom. The third kappa shape index (κ3) is 16.1. The number of carbonyl (C=O) groups excluding carboxylic acids is 8. The highest BCUT2D eigenvalue weighted by atomic mass is 16.7. The van der Waals surface area contributed by atoms with E-state index in [1.54, 1.807) is 158 Å². The molecule has 4 aliphatic carbocycles. The first-order valence-electron chi connectivity index (χ1n) is 35.3. The van der Waals surface area contributed by atoms with E-state index < -0.39 is 128 Å². The van der Waals surface area contributed by atoms with Crippen molar-refractivity contribution >= 4 is 47.4 Å². The fourth-order valence-corrected chi connectivity index (χ4v) is 16.9. The van der Waals surface area contributed by atoms with Crippen molar-refractivity contribution in [2.75, 3.05) is 19.8 Å². The SMILES string of the molecule is C[C@@H](CCC(=O)[C@@H](C)C1C(=O)CC2C3CCC4CC(O[C@@H]5OC(COC(=O)c6ccccc6)[C@H](O)C(OC(=O)c6ccccc6)C5O)CCC4(C)C3CCC21C)CO[C@@H]1OC(COC(=O)c2ccccc2)[C@@H](OC(=O)c2ccccc2)C(OC(=O)c2ccccc2)C1OC(=O)c1ccccc1. The maximum Gasteiger partial charge on any atom is 0.338 e. The first-order valence-corrected chi connectivity index (χ1v) is 35.3. The number of rotatable bonds is 24. The van der Waals surface area contributed by atoms with E-state index in [9.17, 15) is 48.6 Å². The summed E-state index contributed by atoms with van der Waals surface area (Å²) in [6, 6.07) is 49.1. The van der Waals surface area contributed by atoms with Gasteiger partial charge in [-0.15, -0.1) is 0 Å². The molecule has 12 rings (SSSR count). The van der Waals surface area contributed by atoms with Crippen LogP contribution in [0.1, 0.15) is 154 Å². The molecule has 2 N–H and O–H groups in total. The monoisotopic (exact) mass is 1380 g/mol. The number of ketones is 2. The zero-order valence-corrected chi connectivity index (χ0v) is 57.1. The molecule has 0 bridgehead atoms. The van der Waals surface area contributed by atoms with Gasteiger partial charge in [-0.25, -0.2) is 28.8 Å². The molecule has 0 spiro atoms. The second kappa shape index (κ2) is 32.1. The molecule has 0 aromatic heterocycles. The van der Waals surface area contributed by atoms with Crippen LogP contribution in [0.4, 0.5) is 0 Å². The summed E-state index contributed by atoms with van der Waals surface area (Å²) >= 11 is 0. The highest BCUT2D eigenvalue weighted by Gasteiger charge is 2.64. The average molecular weight is 1380 g/mol. The Labute approximate surface area is 587 Å². The van der Waals surface area contributed by atoms with Gasteiger partial charge in [-0.3, -0.25) is 9.59 Å². The second-order valence-corrected chi connectivity index (χ2v) is 28.6. The predicted molar refractivity (Wildman–Crippen MR) is 364 cm³/mol. The van der Waals surface area contributed by atoms with E-state index in [-0.39, 0.29) is 87.6 Å². The summed E-state index contributed by atoms with van der Waals surface area (Å²) in [7, 11) is 0. The molecule has 101 heavy (non-hydrogen) atoms. The summed E-state index contributed by atoms with van der Waals surface area (Å²) < 4.78 is 62.0. The van der Waals surface area contributed by atoms with Gasteiger partial charge in [0.2, 0.25) is 0 Å². The van der Waals surface area contributed by atoms with Gasteiger partial charge < -0.3 is 57.6 Å². The molecule has 20 atom stereocenters. The van der Waals surface area contributed by atoms with E-state index in [1.807, 2.05) is 13.8 Å². The fraction of sp³-hybridized carbons (Fsp3) is 0.457. The lowest BCUT2D eigenvalue weighted by Gasteiger charge is -2.61. The number of ether oxygens (including phenoxy) is 10.